The minimum Gasteiger partial charge on any atom is -0.406 e. The lowest BCUT2D eigenvalue weighted by atomic mass is 10.1. The van der Waals surface area contributed by atoms with Crippen molar-refractivity contribution in [1.29, 1.82) is 0 Å². The number of halogens is 3. The van der Waals surface area contributed by atoms with Crippen LogP contribution in [0.15, 0.2) is 36.5 Å². The number of rotatable bonds is 11. The summed E-state index contributed by atoms with van der Waals surface area (Å²) in [6.45, 7) is 5.14. The number of aromatic nitrogens is 4. The molecule has 0 unspecified atom stereocenters. The Labute approximate surface area is 273 Å². The van der Waals surface area contributed by atoms with E-state index in [0.717, 1.165) is 28.8 Å². The van der Waals surface area contributed by atoms with Crippen molar-refractivity contribution in [2.24, 2.45) is 5.92 Å². The molecular formula is C31H35F3N6O5S2. The summed E-state index contributed by atoms with van der Waals surface area (Å²) in [6.07, 6.45) is -3.24. The van der Waals surface area contributed by atoms with Crippen molar-refractivity contribution < 1.29 is 36.5 Å². The highest BCUT2D eigenvalue weighted by Crippen LogP contribution is 2.45. The van der Waals surface area contributed by atoms with Gasteiger partial charge in [0, 0.05) is 23.8 Å². The van der Waals surface area contributed by atoms with Gasteiger partial charge in [0.15, 0.2) is 0 Å². The number of hydrogen-bond acceptors (Lipinski definition) is 12. The number of anilines is 2. The van der Waals surface area contributed by atoms with E-state index in [1.54, 1.807) is 27.0 Å². The summed E-state index contributed by atoms with van der Waals surface area (Å²) in [5.41, 5.74) is 3.57. The molecule has 3 aromatic heterocycles. The molecule has 6 rings (SSSR count). The number of fused-ring (bicyclic) bond motifs is 1. The van der Waals surface area contributed by atoms with Gasteiger partial charge in [0.1, 0.15) is 38.0 Å². The van der Waals surface area contributed by atoms with Crippen LogP contribution in [0.3, 0.4) is 0 Å². The quantitative estimate of drug-likeness (QED) is 0.160. The molecule has 0 spiro atoms. The van der Waals surface area contributed by atoms with E-state index in [4.69, 9.17) is 9.97 Å². The SMILES string of the molecule is CCS(=O)(=O)C[C@H]1C[C@@H](Nc2nc(N[C@H](C)c3ccc(OC(F)(F)F)cc3)nc(C)c2-c2nc3c(C4CC4)nccc3s2)[C@H](O)[C@@H]1O. The van der Waals surface area contributed by atoms with Crippen molar-refractivity contribution in [3.8, 4) is 16.3 Å². The lowest BCUT2D eigenvalue weighted by Crippen LogP contribution is -2.36. The fraction of sp³-hybridized carbons (Fsp3) is 0.484. The van der Waals surface area contributed by atoms with Crippen LogP contribution in [-0.2, 0) is 9.84 Å². The molecule has 47 heavy (non-hydrogen) atoms. The van der Waals surface area contributed by atoms with E-state index in [0.29, 0.717) is 33.6 Å². The second-order valence-corrected chi connectivity index (χ2v) is 15.5. The third-order valence-electron chi connectivity index (χ3n) is 8.59. The Kier molecular flexibility index (Phi) is 9.06. The van der Waals surface area contributed by atoms with Gasteiger partial charge >= 0.3 is 6.36 Å². The zero-order chi connectivity index (χ0) is 33.7. The highest BCUT2D eigenvalue weighted by molar-refractivity contribution is 7.91. The standard InChI is InChI=1S/C31H35F3N6O5S2/c1-4-47(43,44)14-19-13-21(27(42)26(19)41)38-28-23(29-39-25-22(46-29)11-12-35-24(25)18-5-6-18)16(3)37-30(40-28)36-15(2)17-7-9-20(10-8-17)45-31(32,33)34/h7-12,15,18-19,21,26-27,41-42H,4-6,13-14H2,1-3H3,(H2,36,37,38,40)/t15-,19-,21-,26-,27+/m1/s1. The van der Waals surface area contributed by atoms with Gasteiger partial charge in [-0.2, -0.15) is 4.98 Å². The molecule has 16 heteroatoms. The van der Waals surface area contributed by atoms with Gasteiger partial charge in [-0.25, -0.2) is 18.4 Å². The Morgan fingerprint density at radius 2 is 1.81 bits per heavy atom. The fourth-order valence-corrected chi connectivity index (χ4v) is 8.21. The van der Waals surface area contributed by atoms with Crippen LogP contribution in [0.25, 0.3) is 20.8 Å². The Morgan fingerprint density at radius 3 is 2.47 bits per heavy atom. The van der Waals surface area contributed by atoms with Crippen LogP contribution in [0.1, 0.15) is 62.0 Å². The highest BCUT2D eigenvalue weighted by Gasteiger charge is 2.43. The molecule has 2 aliphatic carbocycles. The van der Waals surface area contributed by atoms with Crippen molar-refractivity contribution in [3.63, 3.8) is 0 Å². The molecule has 0 amide bonds. The van der Waals surface area contributed by atoms with Crippen molar-refractivity contribution in [2.45, 2.75) is 76.6 Å². The van der Waals surface area contributed by atoms with Gasteiger partial charge in [0.2, 0.25) is 5.95 Å². The van der Waals surface area contributed by atoms with Crippen LogP contribution < -0.4 is 15.4 Å². The smallest absolute Gasteiger partial charge is 0.406 e. The van der Waals surface area contributed by atoms with Crippen molar-refractivity contribution in [1.82, 2.24) is 19.9 Å². The predicted octanol–water partition coefficient (Wildman–Crippen LogP) is 5.36. The third kappa shape index (κ3) is 7.45. The van der Waals surface area contributed by atoms with Gasteiger partial charge in [-0.15, -0.1) is 24.5 Å². The van der Waals surface area contributed by atoms with E-state index in [9.17, 15) is 31.8 Å². The molecule has 3 heterocycles. The second-order valence-electron chi connectivity index (χ2n) is 12.1. The second kappa shape index (κ2) is 12.8. The van der Waals surface area contributed by atoms with E-state index < -0.39 is 46.4 Å². The molecule has 2 aliphatic rings. The molecule has 0 saturated heterocycles. The van der Waals surface area contributed by atoms with Crippen LogP contribution >= 0.6 is 11.3 Å². The van der Waals surface area contributed by atoms with Crippen molar-refractivity contribution >= 4 is 43.2 Å². The summed E-state index contributed by atoms with van der Waals surface area (Å²) >= 11 is 1.46. The van der Waals surface area contributed by atoms with Crippen LogP contribution in [-0.4, -0.2) is 74.7 Å². The Balaban J connectivity index is 1.33. The molecule has 2 saturated carbocycles. The van der Waals surface area contributed by atoms with E-state index in [-0.39, 0.29) is 29.6 Å². The predicted molar refractivity (Wildman–Crippen MR) is 172 cm³/mol. The number of ether oxygens (including phenoxy) is 1. The van der Waals surface area contributed by atoms with Crippen LogP contribution in [0, 0.1) is 12.8 Å². The lowest BCUT2D eigenvalue weighted by Gasteiger charge is -2.22. The molecule has 2 fully saturated rings. The number of pyridine rings is 1. The maximum Gasteiger partial charge on any atom is 0.573 e. The number of benzene rings is 1. The van der Waals surface area contributed by atoms with E-state index >= 15 is 0 Å². The number of nitrogens with one attached hydrogen (secondary N) is 2. The number of sulfone groups is 1. The summed E-state index contributed by atoms with van der Waals surface area (Å²) in [7, 11) is -3.41. The van der Waals surface area contributed by atoms with Crippen LogP contribution in [0.5, 0.6) is 5.75 Å². The number of aliphatic hydroxyl groups excluding tert-OH is 2. The first-order valence-corrected chi connectivity index (χ1v) is 17.9. The number of thiazole rings is 1. The molecular weight excluding hydrogens is 658 g/mol. The molecule has 0 radical (unpaired) electrons. The van der Waals surface area contributed by atoms with Gasteiger partial charge in [0.25, 0.3) is 0 Å². The normalized spacial score (nSPS) is 22.4. The zero-order valence-corrected chi connectivity index (χ0v) is 27.5. The van der Waals surface area contributed by atoms with Gasteiger partial charge in [-0.1, -0.05) is 19.1 Å². The van der Waals surface area contributed by atoms with Crippen molar-refractivity contribution in [2.75, 3.05) is 22.1 Å². The summed E-state index contributed by atoms with van der Waals surface area (Å²) in [4.78, 5) is 19.0. The van der Waals surface area contributed by atoms with Crippen molar-refractivity contribution in [3.05, 3.63) is 53.5 Å². The van der Waals surface area contributed by atoms with Gasteiger partial charge in [-0.05, 0) is 56.9 Å². The lowest BCUT2D eigenvalue weighted by molar-refractivity contribution is -0.274. The molecule has 252 valence electrons. The molecule has 1 aromatic carbocycles. The van der Waals surface area contributed by atoms with E-state index in [1.165, 1.54) is 35.6 Å². The average Bonchev–Trinajstić information content (AvgIpc) is 3.71. The highest BCUT2D eigenvalue weighted by atomic mass is 32.2. The number of aliphatic hydroxyl groups is 2. The summed E-state index contributed by atoms with van der Waals surface area (Å²) < 4.78 is 67.5. The largest absolute Gasteiger partial charge is 0.573 e. The molecule has 0 aliphatic heterocycles. The maximum absolute atomic E-state index is 12.6. The van der Waals surface area contributed by atoms with Gasteiger partial charge in [-0.3, -0.25) is 4.98 Å². The molecule has 11 nitrogen and oxygen atoms in total. The Bertz CT molecular complexity index is 1870. The molecule has 5 atom stereocenters. The number of hydrogen-bond donors (Lipinski definition) is 4. The number of nitrogens with zero attached hydrogens (tertiary/aromatic N) is 4. The minimum atomic E-state index is -4.80. The number of alkyl halides is 3. The molecule has 4 N–H and O–H groups in total. The Morgan fingerprint density at radius 1 is 1.09 bits per heavy atom. The monoisotopic (exact) mass is 692 g/mol. The van der Waals surface area contributed by atoms with E-state index in [1.807, 2.05) is 6.07 Å². The average molecular weight is 693 g/mol. The topological polar surface area (TPSA) is 159 Å². The molecule has 0 bridgehead atoms. The summed E-state index contributed by atoms with van der Waals surface area (Å²) in [6, 6.07) is 6.22. The molecule has 4 aromatic rings. The van der Waals surface area contributed by atoms with Gasteiger partial charge in [0.05, 0.1) is 45.6 Å². The van der Waals surface area contributed by atoms with Crippen LogP contribution in [0.4, 0.5) is 24.9 Å². The summed E-state index contributed by atoms with van der Waals surface area (Å²) in [5.74, 6) is -0.420. The fourth-order valence-electron chi connectivity index (χ4n) is 5.92. The third-order valence-corrected chi connectivity index (χ3v) is 11.4. The van der Waals surface area contributed by atoms with E-state index in [2.05, 4.69) is 25.3 Å². The first kappa shape index (κ1) is 33.3. The van der Waals surface area contributed by atoms with Crippen LogP contribution in [0.2, 0.25) is 0 Å². The summed E-state index contributed by atoms with van der Waals surface area (Å²) in [5, 5.41) is 28.9. The maximum atomic E-state index is 12.6. The first-order chi connectivity index (χ1) is 22.2. The van der Waals surface area contributed by atoms with Gasteiger partial charge < -0.3 is 25.6 Å². The minimum absolute atomic E-state index is 0.0692. The number of aryl methyl sites for hydroxylation is 1. The zero-order valence-electron chi connectivity index (χ0n) is 25.8. The first-order valence-electron chi connectivity index (χ1n) is 15.3. The Hall–Kier alpha value is -3.60.